The number of nitrogens with one attached hydrogen (secondary N) is 1. The Morgan fingerprint density at radius 1 is 1.09 bits per heavy atom. The molecule has 7 heteroatoms. The SMILES string of the molecule is CN(c1ncnc2[nH]ccc12)C1CCC2(CC1)CCN(C(=O)c1csc3ccccc13)CC2. The molecule has 1 N–H and O–H groups in total. The summed E-state index contributed by atoms with van der Waals surface area (Å²) in [7, 11) is 2.17. The van der Waals surface area contributed by atoms with E-state index in [0.717, 1.165) is 53.7 Å². The molecule has 6 rings (SSSR count). The summed E-state index contributed by atoms with van der Waals surface area (Å²) in [6.07, 6.45) is 10.6. The lowest BCUT2D eigenvalue weighted by Crippen LogP contribution is -2.46. The fourth-order valence-electron chi connectivity index (χ4n) is 5.91. The fourth-order valence-corrected chi connectivity index (χ4v) is 6.85. The number of aromatic nitrogens is 3. The summed E-state index contributed by atoms with van der Waals surface area (Å²) < 4.78 is 1.19. The summed E-state index contributed by atoms with van der Waals surface area (Å²) in [6.45, 7) is 1.75. The Morgan fingerprint density at radius 3 is 2.70 bits per heavy atom. The largest absolute Gasteiger partial charge is 0.356 e. The predicted molar refractivity (Wildman–Crippen MR) is 134 cm³/mol. The third kappa shape index (κ3) is 3.59. The van der Waals surface area contributed by atoms with Crippen molar-refractivity contribution in [1.29, 1.82) is 0 Å². The molecule has 1 aliphatic heterocycles. The van der Waals surface area contributed by atoms with E-state index in [1.165, 1.54) is 30.4 Å². The summed E-state index contributed by atoms with van der Waals surface area (Å²) in [6, 6.07) is 10.8. The van der Waals surface area contributed by atoms with Gasteiger partial charge in [-0.1, -0.05) is 18.2 Å². The molecular formula is C26H29N5OS. The molecule has 1 aromatic carbocycles. The molecule has 4 heterocycles. The van der Waals surface area contributed by atoms with Gasteiger partial charge in [-0.25, -0.2) is 9.97 Å². The van der Waals surface area contributed by atoms with Gasteiger partial charge in [-0.3, -0.25) is 4.79 Å². The summed E-state index contributed by atoms with van der Waals surface area (Å²) in [5, 5.41) is 4.22. The van der Waals surface area contributed by atoms with Gasteiger partial charge in [0.05, 0.1) is 10.9 Å². The van der Waals surface area contributed by atoms with Crippen LogP contribution in [0.15, 0.2) is 48.2 Å². The predicted octanol–water partition coefficient (Wildman–Crippen LogP) is 5.47. The van der Waals surface area contributed by atoms with E-state index < -0.39 is 0 Å². The van der Waals surface area contributed by atoms with Gasteiger partial charge in [0.1, 0.15) is 17.8 Å². The molecule has 1 saturated carbocycles. The molecule has 0 bridgehead atoms. The number of benzene rings is 1. The Labute approximate surface area is 197 Å². The highest BCUT2D eigenvalue weighted by atomic mass is 32.1. The Morgan fingerprint density at radius 2 is 1.88 bits per heavy atom. The lowest BCUT2D eigenvalue weighted by atomic mass is 9.66. The van der Waals surface area contributed by atoms with Gasteiger partial charge in [0.25, 0.3) is 5.91 Å². The van der Waals surface area contributed by atoms with E-state index >= 15 is 0 Å². The third-order valence-electron chi connectivity index (χ3n) is 8.05. The number of anilines is 1. The summed E-state index contributed by atoms with van der Waals surface area (Å²) in [5.41, 5.74) is 2.16. The summed E-state index contributed by atoms with van der Waals surface area (Å²) in [4.78, 5) is 29.8. The molecule has 4 aromatic rings. The molecule has 2 fully saturated rings. The van der Waals surface area contributed by atoms with Crippen LogP contribution in [0, 0.1) is 5.41 Å². The first kappa shape index (κ1) is 20.7. The monoisotopic (exact) mass is 459 g/mol. The second-order valence-electron chi connectivity index (χ2n) is 9.72. The zero-order valence-corrected chi connectivity index (χ0v) is 19.8. The van der Waals surface area contributed by atoms with E-state index in [-0.39, 0.29) is 5.91 Å². The van der Waals surface area contributed by atoms with Crippen molar-refractivity contribution < 1.29 is 4.79 Å². The number of thiophene rings is 1. The first-order valence-electron chi connectivity index (χ1n) is 11.9. The van der Waals surface area contributed by atoms with Crippen molar-refractivity contribution in [1.82, 2.24) is 19.9 Å². The van der Waals surface area contributed by atoms with Crippen molar-refractivity contribution in [2.24, 2.45) is 5.41 Å². The maximum Gasteiger partial charge on any atom is 0.255 e. The first-order valence-corrected chi connectivity index (χ1v) is 12.8. The number of likely N-dealkylation sites (tertiary alicyclic amines) is 1. The number of hydrogen-bond acceptors (Lipinski definition) is 5. The van der Waals surface area contributed by atoms with Crippen molar-refractivity contribution >= 4 is 44.2 Å². The number of amides is 1. The summed E-state index contributed by atoms with van der Waals surface area (Å²) in [5.74, 6) is 1.22. The average molecular weight is 460 g/mol. The number of hydrogen-bond donors (Lipinski definition) is 1. The second kappa shape index (κ2) is 8.13. The van der Waals surface area contributed by atoms with Crippen LogP contribution in [0.2, 0.25) is 0 Å². The van der Waals surface area contributed by atoms with Crippen LogP contribution in [0.4, 0.5) is 5.82 Å². The molecule has 2 aliphatic rings. The minimum Gasteiger partial charge on any atom is -0.356 e. The number of carbonyl (C=O) groups is 1. The molecule has 1 saturated heterocycles. The second-order valence-corrected chi connectivity index (χ2v) is 10.6. The molecule has 0 atom stereocenters. The topological polar surface area (TPSA) is 65.1 Å². The normalized spacial score (nSPS) is 18.9. The standard InChI is InChI=1S/C26H29N5OS/c1-30(24-20-8-13-27-23(20)28-17-29-24)18-6-9-26(10-7-18)11-14-31(15-12-26)25(32)21-16-33-22-5-3-2-4-19(21)22/h2-5,8,13,16-18H,6-7,9-12,14-15H2,1H3,(H,27,28,29). The highest BCUT2D eigenvalue weighted by Gasteiger charge is 2.40. The van der Waals surface area contributed by atoms with E-state index in [2.05, 4.69) is 50.0 Å². The van der Waals surface area contributed by atoms with Crippen LogP contribution in [-0.4, -0.2) is 51.9 Å². The van der Waals surface area contributed by atoms with Crippen LogP contribution in [-0.2, 0) is 0 Å². The fraction of sp³-hybridized carbons (Fsp3) is 0.423. The van der Waals surface area contributed by atoms with E-state index in [1.54, 1.807) is 17.7 Å². The number of nitrogens with zero attached hydrogens (tertiary/aromatic N) is 4. The van der Waals surface area contributed by atoms with Crippen molar-refractivity contribution in [3.05, 3.63) is 53.8 Å². The van der Waals surface area contributed by atoms with Gasteiger partial charge < -0.3 is 14.8 Å². The minimum atomic E-state index is 0.204. The van der Waals surface area contributed by atoms with E-state index in [4.69, 9.17) is 0 Å². The molecule has 1 amide bonds. The van der Waals surface area contributed by atoms with E-state index in [9.17, 15) is 4.79 Å². The van der Waals surface area contributed by atoms with Gasteiger partial charge in [-0.05, 0) is 56.1 Å². The molecular weight excluding hydrogens is 430 g/mol. The molecule has 33 heavy (non-hydrogen) atoms. The lowest BCUT2D eigenvalue weighted by Gasteiger charge is -2.47. The number of carbonyl (C=O) groups excluding carboxylic acids is 1. The maximum absolute atomic E-state index is 13.2. The van der Waals surface area contributed by atoms with Gasteiger partial charge in [0, 0.05) is 47.8 Å². The van der Waals surface area contributed by atoms with Gasteiger partial charge in [0.15, 0.2) is 0 Å². The molecule has 1 aliphatic carbocycles. The Hall–Kier alpha value is -2.93. The van der Waals surface area contributed by atoms with Gasteiger partial charge in [-0.2, -0.15) is 0 Å². The molecule has 6 nitrogen and oxygen atoms in total. The molecule has 170 valence electrons. The van der Waals surface area contributed by atoms with E-state index in [1.807, 2.05) is 23.7 Å². The van der Waals surface area contributed by atoms with Crippen LogP contribution in [0.1, 0.15) is 48.9 Å². The molecule has 1 spiro atoms. The van der Waals surface area contributed by atoms with Crippen LogP contribution in [0.5, 0.6) is 0 Å². The van der Waals surface area contributed by atoms with Gasteiger partial charge in [-0.15, -0.1) is 11.3 Å². The maximum atomic E-state index is 13.2. The van der Waals surface area contributed by atoms with Crippen molar-refractivity contribution in [2.45, 2.75) is 44.6 Å². The number of aromatic amines is 1. The van der Waals surface area contributed by atoms with Crippen LogP contribution < -0.4 is 4.90 Å². The zero-order valence-electron chi connectivity index (χ0n) is 19.0. The Bertz CT molecular complexity index is 1290. The number of H-pyrrole nitrogens is 1. The van der Waals surface area contributed by atoms with Gasteiger partial charge >= 0.3 is 0 Å². The first-order chi connectivity index (χ1) is 16.1. The quantitative estimate of drug-likeness (QED) is 0.441. The number of piperidine rings is 1. The van der Waals surface area contributed by atoms with Gasteiger partial charge in [0.2, 0.25) is 0 Å². The molecule has 0 unspecified atom stereocenters. The lowest BCUT2D eigenvalue weighted by molar-refractivity contribution is 0.0451. The van der Waals surface area contributed by atoms with E-state index in [0.29, 0.717) is 11.5 Å². The van der Waals surface area contributed by atoms with Crippen LogP contribution in [0.25, 0.3) is 21.1 Å². The van der Waals surface area contributed by atoms with Crippen molar-refractivity contribution in [3.8, 4) is 0 Å². The smallest absolute Gasteiger partial charge is 0.255 e. The third-order valence-corrected chi connectivity index (χ3v) is 9.02. The highest BCUT2D eigenvalue weighted by molar-refractivity contribution is 7.17. The Kier molecular flexibility index (Phi) is 5.09. The van der Waals surface area contributed by atoms with Crippen molar-refractivity contribution in [2.75, 3.05) is 25.0 Å². The summed E-state index contributed by atoms with van der Waals surface area (Å²) >= 11 is 1.67. The Balaban J connectivity index is 1.10. The minimum absolute atomic E-state index is 0.204. The average Bonchev–Trinajstić information content (AvgIpc) is 3.51. The highest BCUT2D eigenvalue weighted by Crippen LogP contribution is 2.46. The number of fused-ring (bicyclic) bond motifs is 2. The van der Waals surface area contributed by atoms with Crippen molar-refractivity contribution in [3.63, 3.8) is 0 Å². The molecule has 0 radical (unpaired) electrons. The molecule has 3 aromatic heterocycles. The van der Waals surface area contributed by atoms with Crippen LogP contribution >= 0.6 is 11.3 Å². The zero-order chi connectivity index (χ0) is 22.4. The van der Waals surface area contributed by atoms with Crippen LogP contribution in [0.3, 0.4) is 0 Å². The number of rotatable bonds is 3.